The summed E-state index contributed by atoms with van der Waals surface area (Å²) < 4.78 is 22.8. The van der Waals surface area contributed by atoms with Crippen LogP contribution in [0.5, 0.6) is 0 Å². The highest BCUT2D eigenvalue weighted by Gasteiger charge is 2.61. The molecule has 0 radical (unpaired) electrons. The van der Waals surface area contributed by atoms with E-state index in [1.54, 1.807) is 6.92 Å². The first-order valence-electron chi connectivity index (χ1n) is 8.27. The van der Waals surface area contributed by atoms with Crippen LogP contribution in [0.4, 0.5) is 0 Å². The number of ether oxygens (including phenoxy) is 4. The Labute approximate surface area is 131 Å². The summed E-state index contributed by atoms with van der Waals surface area (Å²) in [4.78, 5) is 11.4. The van der Waals surface area contributed by atoms with Crippen LogP contribution < -0.4 is 0 Å². The molecule has 0 spiro atoms. The maximum Gasteiger partial charge on any atom is 0.333 e. The molecule has 2 heterocycles. The average Bonchev–Trinajstić information content (AvgIpc) is 3.17. The molecule has 0 bridgehead atoms. The van der Waals surface area contributed by atoms with Gasteiger partial charge in [0.1, 0.15) is 6.10 Å². The molecule has 0 aromatic rings. The lowest BCUT2D eigenvalue weighted by Crippen LogP contribution is -2.48. The molecule has 3 fully saturated rings. The number of carbonyl (C=O) groups excluding carboxylic acids is 1. The fourth-order valence-corrected chi connectivity index (χ4v) is 3.29. The second-order valence-electron chi connectivity index (χ2n) is 6.86. The van der Waals surface area contributed by atoms with Gasteiger partial charge in [-0.3, -0.25) is 0 Å². The predicted molar refractivity (Wildman–Crippen MR) is 80.3 cm³/mol. The van der Waals surface area contributed by atoms with Gasteiger partial charge in [0.25, 0.3) is 0 Å². The third-order valence-corrected chi connectivity index (χ3v) is 5.21. The van der Waals surface area contributed by atoms with E-state index in [4.69, 9.17) is 18.9 Å². The summed E-state index contributed by atoms with van der Waals surface area (Å²) in [5.74, 6) is -0.347. The molecule has 124 valence electrons. The summed E-state index contributed by atoms with van der Waals surface area (Å²) in [7, 11) is 0. The fraction of sp³-hybridized carbons (Fsp3) is 0.824. The van der Waals surface area contributed by atoms with Crippen LogP contribution in [-0.2, 0) is 23.7 Å². The van der Waals surface area contributed by atoms with E-state index >= 15 is 0 Å². The van der Waals surface area contributed by atoms with Gasteiger partial charge in [-0.05, 0) is 32.1 Å². The van der Waals surface area contributed by atoms with E-state index in [2.05, 4.69) is 13.5 Å². The number of rotatable bonds is 7. The minimum Gasteiger partial charge on any atom is -0.462 e. The molecule has 1 aliphatic carbocycles. The molecule has 0 aromatic carbocycles. The van der Waals surface area contributed by atoms with Gasteiger partial charge in [-0.2, -0.15) is 0 Å². The van der Waals surface area contributed by atoms with Crippen molar-refractivity contribution in [2.24, 2.45) is 5.92 Å². The van der Waals surface area contributed by atoms with Gasteiger partial charge in [0, 0.05) is 18.4 Å². The van der Waals surface area contributed by atoms with Gasteiger partial charge < -0.3 is 18.9 Å². The van der Waals surface area contributed by atoms with Gasteiger partial charge in [-0.1, -0.05) is 13.5 Å². The van der Waals surface area contributed by atoms with Crippen molar-refractivity contribution in [2.45, 2.75) is 63.4 Å². The molecule has 5 nitrogen and oxygen atoms in total. The minimum absolute atomic E-state index is 0.0842. The van der Waals surface area contributed by atoms with Gasteiger partial charge in [0.15, 0.2) is 5.79 Å². The lowest BCUT2D eigenvalue weighted by atomic mass is 9.87. The Kier molecular flexibility index (Phi) is 4.32. The van der Waals surface area contributed by atoms with Crippen molar-refractivity contribution in [3.63, 3.8) is 0 Å². The second kappa shape index (κ2) is 5.95. The Hall–Kier alpha value is -0.910. The smallest absolute Gasteiger partial charge is 0.333 e. The fourth-order valence-electron chi connectivity index (χ4n) is 3.29. The van der Waals surface area contributed by atoms with Crippen LogP contribution in [-0.4, -0.2) is 43.3 Å². The number of hydrogen-bond donors (Lipinski definition) is 0. The largest absolute Gasteiger partial charge is 0.462 e. The lowest BCUT2D eigenvalue weighted by Gasteiger charge is -2.41. The van der Waals surface area contributed by atoms with Crippen molar-refractivity contribution in [3.05, 3.63) is 12.2 Å². The van der Waals surface area contributed by atoms with E-state index in [1.807, 2.05) is 0 Å². The van der Waals surface area contributed by atoms with Crippen molar-refractivity contribution < 1.29 is 23.7 Å². The van der Waals surface area contributed by atoms with Crippen LogP contribution >= 0.6 is 0 Å². The molecule has 3 aliphatic rings. The van der Waals surface area contributed by atoms with Crippen LogP contribution in [0.3, 0.4) is 0 Å². The summed E-state index contributed by atoms with van der Waals surface area (Å²) in [5, 5.41) is 0. The first-order chi connectivity index (χ1) is 10.5. The Morgan fingerprint density at radius 3 is 2.73 bits per heavy atom. The second-order valence-corrected chi connectivity index (χ2v) is 6.86. The molecule has 22 heavy (non-hydrogen) atoms. The van der Waals surface area contributed by atoms with Crippen LogP contribution in [0, 0.1) is 5.92 Å². The third-order valence-electron chi connectivity index (χ3n) is 5.21. The number of fused-ring (bicyclic) bond motifs is 1. The Balaban J connectivity index is 1.41. The molecular formula is C17H26O5. The topological polar surface area (TPSA) is 57.3 Å². The van der Waals surface area contributed by atoms with E-state index in [0.717, 1.165) is 38.7 Å². The van der Waals surface area contributed by atoms with E-state index < -0.39 is 5.79 Å². The van der Waals surface area contributed by atoms with Gasteiger partial charge in [0.05, 0.1) is 25.4 Å². The molecule has 2 saturated heterocycles. The van der Waals surface area contributed by atoms with Crippen LogP contribution in [0.1, 0.15) is 46.0 Å². The molecule has 0 amide bonds. The zero-order chi connectivity index (χ0) is 15.8. The molecule has 2 aliphatic heterocycles. The number of carbonyl (C=O) groups is 1. The highest BCUT2D eigenvalue weighted by molar-refractivity contribution is 5.86. The average molecular weight is 310 g/mol. The summed E-state index contributed by atoms with van der Waals surface area (Å²) in [6.45, 7) is 9.30. The molecular weight excluding hydrogens is 284 g/mol. The van der Waals surface area contributed by atoms with E-state index in [-0.39, 0.29) is 17.7 Å². The number of epoxide rings is 1. The predicted octanol–water partition coefficient (Wildman–Crippen LogP) is 2.59. The quantitative estimate of drug-likeness (QED) is 0.411. The van der Waals surface area contributed by atoms with Crippen LogP contribution in [0.15, 0.2) is 12.2 Å². The van der Waals surface area contributed by atoms with Crippen molar-refractivity contribution >= 4 is 5.97 Å². The van der Waals surface area contributed by atoms with Crippen molar-refractivity contribution in [2.75, 3.05) is 19.8 Å². The maximum atomic E-state index is 11.4. The zero-order valence-electron chi connectivity index (χ0n) is 13.6. The van der Waals surface area contributed by atoms with E-state index in [1.165, 1.54) is 0 Å². The van der Waals surface area contributed by atoms with Crippen LogP contribution in [0.25, 0.3) is 0 Å². The van der Waals surface area contributed by atoms with Gasteiger partial charge in [-0.15, -0.1) is 0 Å². The molecule has 4 atom stereocenters. The lowest BCUT2D eigenvalue weighted by molar-refractivity contribution is -0.207. The summed E-state index contributed by atoms with van der Waals surface area (Å²) >= 11 is 0. The van der Waals surface area contributed by atoms with Gasteiger partial charge in [0.2, 0.25) is 0 Å². The third kappa shape index (κ3) is 3.07. The normalized spacial score (nSPS) is 39.5. The van der Waals surface area contributed by atoms with Gasteiger partial charge in [-0.25, -0.2) is 4.79 Å². The highest BCUT2D eigenvalue weighted by Crippen LogP contribution is 2.51. The van der Waals surface area contributed by atoms with Crippen molar-refractivity contribution in [3.8, 4) is 0 Å². The highest BCUT2D eigenvalue weighted by atomic mass is 16.8. The molecule has 3 rings (SSSR count). The summed E-state index contributed by atoms with van der Waals surface area (Å²) in [6.07, 6.45) is 4.91. The number of hydrogen-bond acceptors (Lipinski definition) is 5. The van der Waals surface area contributed by atoms with Crippen molar-refractivity contribution in [1.82, 2.24) is 0 Å². The number of esters is 1. The first-order valence-corrected chi connectivity index (χ1v) is 8.27. The van der Waals surface area contributed by atoms with E-state index in [0.29, 0.717) is 24.7 Å². The Morgan fingerprint density at radius 1 is 1.41 bits per heavy atom. The van der Waals surface area contributed by atoms with Crippen molar-refractivity contribution in [1.29, 1.82) is 0 Å². The molecule has 4 unspecified atom stereocenters. The van der Waals surface area contributed by atoms with E-state index in [9.17, 15) is 4.79 Å². The zero-order valence-corrected chi connectivity index (χ0v) is 13.6. The van der Waals surface area contributed by atoms with Gasteiger partial charge >= 0.3 is 5.97 Å². The SMILES string of the molecule is C=C(C)C(=O)OCC1CCC2(OCC3(CC)CCO3)OC2C1. The molecule has 0 aromatic heterocycles. The Bertz CT molecular complexity index is 450. The minimum atomic E-state index is -0.393. The molecule has 5 heteroatoms. The molecule has 0 N–H and O–H groups in total. The standard InChI is InChI=1S/C17H26O5/c1-4-16(7-8-20-16)11-21-17-6-5-13(9-14(17)22-17)10-19-15(18)12(2)3/h13-14H,2,4-11H2,1,3H3. The summed E-state index contributed by atoms with van der Waals surface area (Å²) in [6, 6.07) is 0. The van der Waals surface area contributed by atoms with Crippen LogP contribution in [0.2, 0.25) is 0 Å². The monoisotopic (exact) mass is 310 g/mol. The summed E-state index contributed by atoms with van der Waals surface area (Å²) in [5.41, 5.74) is 0.362. The maximum absolute atomic E-state index is 11.4. The first kappa shape index (κ1) is 16.0. The molecule has 1 saturated carbocycles. The Morgan fingerprint density at radius 2 is 2.18 bits per heavy atom.